The number of anilines is 1. The van der Waals surface area contributed by atoms with Crippen molar-refractivity contribution in [2.24, 2.45) is 0 Å². The van der Waals surface area contributed by atoms with Crippen LogP contribution >= 0.6 is 0 Å². The summed E-state index contributed by atoms with van der Waals surface area (Å²) in [5.74, 6) is 0. The normalized spacial score (nSPS) is 15.4. The van der Waals surface area contributed by atoms with E-state index >= 15 is 0 Å². The Balaban J connectivity index is 1.39. The third kappa shape index (κ3) is 4.79. The van der Waals surface area contributed by atoms with Crippen molar-refractivity contribution in [3.8, 4) is 11.3 Å². The Kier molecular flexibility index (Phi) is 5.58. The molecule has 1 fully saturated rings. The van der Waals surface area contributed by atoms with Crippen LogP contribution < -0.4 is 10.6 Å². The van der Waals surface area contributed by atoms with Gasteiger partial charge in [0.1, 0.15) is 0 Å². The highest BCUT2D eigenvalue weighted by Crippen LogP contribution is 2.30. The van der Waals surface area contributed by atoms with Gasteiger partial charge in [0.25, 0.3) is 0 Å². The number of rotatable bonds is 5. The first kappa shape index (κ1) is 19.5. The number of halogens is 3. The minimum absolute atomic E-state index is 0.327. The Morgan fingerprint density at radius 1 is 1.03 bits per heavy atom. The third-order valence-corrected chi connectivity index (χ3v) is 5.22. The molecule has 4 nitrogen and oxygen atoms in total. The monoisotopic (exact) mass is 400 g/mol. The Bertz CT molecular complexity index is 941. The molecular weight excluding hydrogens is 377 g/mol. The highest BCUT2D eigenvalue weighted by Gasteiger charge is 2.30. The SMILES string of the molecule is FC(F)(F)c1cccc(CNc2ccc(-c3ccn(C4CCNCC4)n3)cc2)c1. The molecule has 0 saturated carbocycles. The fraction of sp³-hybridized carbons (Fsp3) is 0.318. The summed E-state index contributed by atoms with van der Waals surface area (Å²) < 4.78 is 40.5. The molecule has 1 aliphatic heterocycles. The molecule has 7 heteroatoms. The molecule has 2 heterocycles. The molecular formula is C22H23F3N4. The zero-order chi connectivity index (χ0) is 20.3. The van der Waals surface area contributed by atoms with E-state index in [1.807, 2.05) is 36.5 Å². The fourth-order valence-corrected chi connectivity index (χ4v) is 3.59. The van der Waals surface area contributed by atoms with Crippen LogP contribution in [-0.4, -0.2) is 22.9 Å². The molecule has 152 valence electrons. The van der Waals surface area contributed by atoms with Crippen molar-refractivity contribution in [1.29, 1.82) is 0 Å². The van der Waals surface area contributed by atoms with Crippen LogP contribution in [0.15, 0.2) is 60.8 Å². The van der Waals surface area contributed by atoms with E-state index in [4.69, 9.17) is 5.10 Å². The van der Waals surface area contributed by atoms with E-state index in [0.29, 0.717) is 18.2 Å². The van der Waals surface area contributed by atoms with Gasteiger partial charge >= 0.3 is 6.18 Å². The number of piperidine rings is 1. The zero-order valence-electron chi connectivity index (χ0n) is 15.9. The van der Waals surface area contributed by atoms with E-state index < -0.39 is 11.7 Å². The van der Waals surface area contributed by atoms with Gasteiger partial charge in [-0.05, 0) is 61.8 Å². The van der Waals surface area contributed by atoms with Gasteiger partial charge in [0.15, 0.2) is 0 Å². The van der Waals surface area contributed by atoms with Crippen molar-refractivity contribution in [1.82, 2.24) is 15.1 Å². The molecule has 0 radical (unpaired) electrons. The lowest BCUT2D eigenvalue weighted by atomic mass is 10.1. The smallest absolute Gasteiger partial charge is 0.381 e. The summed E-state index contributed by atoms with van der Waals surface area (Å²) in [5, 5.41) is 11.3. The summed E-state index contributed by atoms with van der Waals surface area (Å²) in [6.07, 6.45) is -0.126. The van der Waals surface area contributed by atoms with Gasteiger partial charge in [0.2, 0.25) is 0 Å². The second kappa shape index (κ2) is 8.29. The molecule has 29 heavy (non-hydrogen) atoms. The lowest BCUT2D eigenvalue weighted by Crippen LogP contribution is -2.29. The van der Waals surface area contributed by atoms with Gasteiger partial charge in [-0.3, -0.25) is 4.68 Å². The second-order valence-electron chi connectivity index (χ2n) is 7.29. The van der Waals surface area contributed by atoms with E-state index in [0.717, 1.165) is 48.9 Å². The molecule has 4 rings (SSSR count). The number of nitrogens with zero attached hydrogens (tertiary/aromatic N) is 2. The summed E-state index contributed by atoms with van der Waals surface area (Å²) in [6.45, 7) is 2.37. The van der Waals surface area contributed by atoms with Crippen molar-refractivity contribution < 1.29 is 13.2 Å². The number of hydrogen-bond donors (Lipinski definition) is 2. The molecule has 0 spiro atoms. The molecule has 3 aromatic rings. The summed E-state index contributed by atoms with van der Waals surface area (Å²) in [4.78, 5) is 0. The molecule has 1 aromatic heterocycles. The zero-order valence-corrected chi connectivity index (χ0v) is 15.9. The maximum atomic E-state index is 12.8. The van der Waals surface area contributed by atoms with Gasteiger partial charge in [-0.1, -0.05) is 24.3 Å². The standard InChI is InChI=1S/C22H23F3N4/c23-22(24,25)18-3-1-2-16(14-18)15-27-19-6-4-17(5-7-19)21-10-13-29(28-21)20-8-11-26-12-9-20/h1-7,10,13-14,20,26-27H,8-9,11-12,15H2. The van der Waals surface area contributed by atoms with Crippen LogP contribution in [0.2, 0.25) is 0 Å². The van der Waals surface area contributed by atoms with Crippen molar-refractivity contribution in [2.45, 2.75) is 31.6 Å². The van der Waals surface area contributed by atoms with Crippen molar-refractivity contribution in [3.05, 3.63) is 71.9 Å². The van der Waals surface area contributed by atoms with E-state index in [1.54, 1.807) is 6.07 Å². The quantitative estimate of drug-likeness (QED) is 0.626. The van der Waals surface area contributed by atoms with Gasteiger partial charge in [-0.2, -0.15) is 18.3 Å². The first-order chi connectivity index (χ1) is 14.0. The van der Waals surface area contributed by atoms with Gasteiger partial charge in [0.05, 0.1) is 17.3 Å². The van der Waals surface area contributed by atoms with Crippen LogP contribution in [0.25, 0.3) is 11.3 Å². The first-order valence-corrected chi connectivity index (χ1v) is 9.75. The molecule has 2 N–H and O–H groups in total. The predicted molar refractivity (Wildman–Crippen MR) is 108 cm³/mol. The third-order valence-electron chi connectivity index (χ3n) is 5.22. The molecule has 0 bridgehead atoms. The van der Waals surface area contributed by atoms with Crippen molar-refractivity contribution in [3.63, 3.8) is 0 Å². The van der Waals surface area contributed by atoms with Gasteiger partial charge in [0, 0.05) is 24.0 Å². The highest BCUT2D eigenvalue weighted by molar-refractivity contribution is 5.62. The summed E-state index contributed by atoms with van der Waals surface area (Å²) in [5.41, 5.74) is 2.75. The number of nitrogens with one attached hydrogen (secondary N) is 2. The first-order valence-electron chi connectivity index (χ1n) is 9.75. The van der Waals surface area contributed by atoms with Gasteiger partial charge in [-0.25, -0.2) is 0 Å². The highest BCUT2D eigenvalue weighted by atomic mass is 19.4. The van der Waals surface area contributed by atoms with Crippen LogP contribution in [0, 0.1) is 0 Å². The molecule has 1 aliphatic rings. The topological polar surface area (TPSA) is 41.9 Å². The van der Waals surface area contributed by atoms with Crippen LogP contribution in [0.4, 0.5) is 18.9 Å². The van der Waals surface area contributed by atoms with E-state index in [9.17, 15) is 13.2 Å². The predicted octanol–water partition coefficient (Wildman–Crippen LogP) is 5.11. The van der Waals surface area contributed by atoms with E-state index in [2.05, 4.69) is 15.3 Å². The van der Waals surface area contributed by atoms with Crippen molar-refractivity contribution >= 4 is 5.69 Å². The number of benzene rings is 2. The molecule has 0 atom stereocenters. The Labute approximate surface area is 167 Å². The fourth-order valence-electron chi connectivity index (χ4n) is 3.59. The largest absolute Gasteiger partial charge is 0.416 e. The summed E-state index contributed by atoms with van der Waals surface area (Å²) in [7, 11) is 0. The van der Waals surface area contributed by atoms with Crippen LogP contribution in [0.5, 0.6) is 0 Å². The molecule has 2 aromatic carbocycles. The molecule has 0 amide bonds. The number of alkyl halides is 3. The van der Waals surface area contributed by atoms with Crippen LogP contribution in [0.1, 0.15) is 30.0 Å². The van der Waals surface area contributed by atoms with Gasteiger partial charge in [-0.15, -0.1) is 0 Å². The maximum Gasteiger partial charge on any atom is 0.416 e. The Hall–Kier alpha value is -2.80. The lowest BCUT2D eigenvalue weighted by molar-refractivity contribution is -0.137. The van der Waals surface area contributed by atoms with Gasteiger partial charge < -0.3 is 10.6 Å². The summed E-state index contributed by atoms with van der Waals surface area (Å²) >= 11 is 0. The number of aromatic nitrogens is 2. The second-order valence-corrected chi connectivity index (χ2v) is 7.29. The molecule has 1 saturated heterocycles. The average molecular weight is 400 g/mol. The molecule has 0 aliphatic carbocycles. The van der Waals surface area contributed by atoms with Crippen LogP contribution in [0.3, 0.4) is 0 Å². The summed E-state index contributed by atoms with van der Waals surface area (Å²) in [6, 6.07) is 15.6. The van der Waals surface area contributed by atoms with Crippen molar-refractivity contribution in [2.75, 3.05) is 18.4 Å². The Morgan fingerprint density at radius 3 is 2.52 bits per heavy atom. The average Bonchev–Trinajstić information content (AvgIpc) is 3.23. The molecule has 0 unspecified atom stereocenters. The number of hydrogen-bond acceptors (Lipinski definition) is 3. The van der Waals surface area contributed by atoms with E-state index in [1.165, 1.54) is 12.1 Å². The minimum atomic E-state index is -4.32. The minimum Gasteiger partial charge on any atom is -0.381 e. The van der Waals surface area contributed by atoms with E-state index in [-0.39, 0.29) is 0 Å². The van der Waals surface area contributed by atoms with Crippen LogP contribution in [-0.2, 0) is 12.7 Å². The maximum absolute atomic E-state index is 12.8. The lowest BCUT2D eigenvalue weighted by Gasteiger charge is -2.22. The Morgan fingerprint density at radius 2 is 1.79 bits per heavy atom.